The SMILES string of the molecule is CC/C=C\C/C=C\C/C=C\C/C=C\C/C=C\C/C=C\C/C=C\C/C=C\C/C=C\CCCCCC(=O)OCC(COC(=O)CCCCCCC/C=C\C/C=C\CCCC)OC(=O)CCCCCCC/C=C\CCCCCCCCC. The van der Waals surface area contributed by atoms with Gasteiger partial charge in [0.2, 0.25) is 0 Å². The zero-order valence-corrected chi connectivity index (χ0v) is 51.1. The molecule has 1 unspecified atom stereocenters. The lowest BCUT2D eigenvalue weighted by atomic mass is 10.1. The molecule has 6 heteroatoms. The van der Waals surface area contributed by atoms with Crippen LogP contribution in [-0.4, -0.2) is 37.2 Å². The second-order valence-corrected chi connectivity index (χ2v) is 20.9. The smallest absolute Gasteiger partial charge is 0.306 e. The summed E-state index contributed by atoms with van der Waals surface area (Å²) in [5.41, 5.74) is 0. The molecule has 0 aliphatic heterocycles. The van der Waals surface area contributed by atoms with Crippen molar-refractivity contribution in [1.82, 2.24) is 0 Å². The van der Waals surface area contributed by atoms with Crippen LogP contribution in [0.3, 0.4) is 0 Å². The van der Waals surface area contributed by atoms with Gasteiger partial charge in [-0.15, -0.1) is 0 Å². The van der Waals surface area contributed by atoms with Gasteiger partial charge < -0.3 is 14.2 Å². The Hall–Kier alpha value is -4.71. The largest absolute Gasteiger partial charge is 0.462 e. The van der Waals surface area contributed by atoms with Crippen molar-refractivity contribution in [1.29, 1.82) is 0 Å². The van der Waals surface area contributed by atoms with Crippen LogP contribution >= 0.6 is 0 Å². The van der Waals surface area contributed by atoms with E-state index in [9.17, 15) is 14.4 Å². The molecule has 0 aromatic rings. The Morgan fingerprint density at radius 3 is 0.835 bits per heavy atom. The molecular formula is C73H118O6. The summed E-state index contributed by atoms with van der Waals surface area (Å²) in [5.74, 6) is -0.959. The van der Waals surface area contributed by atoms with Crippen molar-refractivity contribution < 1.29 is 28.6 Å². The summed E-state index contributed by atoms with van der Waals surface area (Å²) in [5, 5.41) is 0. The first-order chi connectivity index (χ1) is 39.0. The van der Waals surface area contributed by atoms with Crippen molar-refractivity contribution in [3.63, 3.8) is 0 Å². The average molecular weight is 1090 g/mol. The van der Waals surface area contributed by atoms with Gasteiger partial charge in [0.15, 0.2) is 6.10 Å². The van der Waals surface area contributed by atoms with Crippen LogP contribution in [0.2, 0.25) is 0 Å². The molecule has 0 aromatic heterocycles. The van der Waals surface area contributed by atoms with Crippen LogP contribution in [0.5, 0.6) is 0 Å². The topological polar surface area (TPSA) is 78.9 Å². The fraction of sp³-hybridized carbons (Fsp3) is 0.630. The molecule has 0 bridgehead atoms. The lowest BCUT2D eigenvalue weighted by molar-refractivity contribution is -0.167. The molecule has 0 radical (unpaired) electrons. The first-order valence-electron chi connectivity index (χ1n) is 32.3. The number of unbranched alkanes of at least 4 members (excludes halogenated alkanes) is 22. The molecule has 0 aliphatic rings. The molecule has 0 amide bonds. The van der Waals surface area contributed by atoms with Crippen LogP contribution in [0.25, 0.3) is 0 Å². The number of carbonyl (C=O) groups excluding carboxylic acids is 3. The van der Waals surface area contributed by atoms with E-state index < -0.39 is 6.10 Å². The molecule has 0 aromatic carbocycles. The van der Waals surface area contributed by atoms with E-state index in [4.69, 9.17) is 14.2 Å². The highest BCUT2D eigenvalue weighted by Gasteiger charge is 2.19. The number of allylic oxidation sites excluding steroid dienone is 24. The minimum Gasteiger partial charge on any atom is -0.462 e. The lowest BCUT2D eigenvalue weighted by Crippen LogP contribution is -2.30. The van der Waals surface area contributed by atoms with Crippen molar-refractivity contribution in [2.24, 2.45) is 0 Å². The zero-order valence-electron chi connectivity index (χ0n) is 51.1. The second kappa shape index (κ2) is 65.8. The summed E-state index contributed by atoms with van der Waals surface area (Å²) in [6.07, 6.45) is 94.2. The summed E-state index contributed by atoms with van der Waals surface area (Å²) >= 11 is 0. The first kappa shape index (κ1) is 74.3. The molecule has 0 aliphatic carbocycles. The predicted molar refractivity (Wildman–Crippen MR) is 343 cm³/mol. The summed E-state index contributed by atoms with van der Waals surface area (Å²) in [6.45, 7) is 6.44. The number of rotatable bonds is 57. The second-order valence-electron chi connectivity index (χ2n) is 20.9. The maximum Gasteiger partial charge on any atom is 0.306 e. The van der Waals surface area contributed by atoms with E-state index in [1.807, 2.05) is 0 Å². The van der Waals surface area contributed by atoms with Gasteiger partial charge in [0.05, 0.1) is 0 Å². The molecule has 0 N–H and O–H groups in total. The lowest BCUT2D eigenvalue weighted by Gasteiger charge is -2.18. The number of esters is 3. The third kappa shape index (κ3) is 64.0. The van der Waals surface area contributed by atoms with Gasteiger partial charge in [-0.2, -0.15) is 0 Å². The normalized spacial score (nSPS) is 13.1. The highest BCUT2D eigenvalue weighted by Crippen LogP contribution is 2.14. The number of hydrogen-bond donors (Lipinski definition) is 0. The molecule has 0 saturated carbocycles. The van der Waals surface area contributed by atoms with E-state index in [2.05, 4.69) is 167 Å². The minimum atomic E-state index is -0.809. The molecule has 0 heterocycles. The predicted octanol–water partition coefficient (Wildman–Crippen LogP) is 22.3. The van der Waals surface area contributed by atoms with Gasteiger partial charge in [-0.3, -0.25) is 14.4 Å². The molecule has 1 atom stereocenters. The van der Waals surface area contributed by atoms with Crippen LogP contribution in [0.4, 0.5) is 0 Å². The highest BCUT2D eigenvalue weighted by atomic mass is 16.6. The molecular weight excluding hydrogens is 973 g/mol. The minimum absolute atomic E-state index is 0.103. The van der Waals surface area contributed by atoms with Crippen LogP contribution in [0, 0.1) is 0 Å². The fourth-order valence-electron chi connectivity index (χ4n) is 8.45. The maximum absolute atomic E-state index is 12.9. The summed E-state index contributed by atoms with van der Waals surface area (Å²) in [7, 11) is 0. The van der Waals surface area contributed by atoms with E-state index >= 15 is 0 Å². The third-order valence-electron chi connectivity index (χ3n) is 13.3. The van der Waals surface area contributed by atoms with Crippen molar-refractivity contribution in [2.75, 3.05) is 13.2 Å². The van der Waals surface area contributed by atoms with Crippen molar-refractivity contribution in [3.05, 3.63) is 146 Å². The van der Waals surface area contributed by atoms with Gasteiger partial charge in [0, 0.05) is 19.3 Å². The molecule has 79 heavy (non-hydrogen) atoms. The Morgan fingerprint density at radius 2 is 0.506 bits per heavy atom. The summed E-state index contributed by atoms with van der Waals surface area (Å²) < 4.78 is 16.9. The number of carbonyl (C=O) groups is 3. The van der Waals surface area contributed by atoms with Crippen LogP contribution < -0.4 is 0 Å². The van der Waals surface area contributed by atoms with Crippen molar-refractivity contribution >= 4 is 17.9 Å². The standard InChI is InChI=1S/C73H118O6/c1-4-7-10-13-16-19-22-25-28-30-31-32-33-34-35-36-37-38-39-40-41-42-43-44-46-48-51-54-57-60-63-66-72(75)78-69-70(68-77-71(74)65-62-59-56-53-50-47-27-24-21-18-15-12-9-6-3)79-73(76)67-64-61-58-55-52-49-45-29-26-23-20-17-14-11-8-5-2/h7,10,15-16,18-19,24-25,27-29,31-32,34-35,37-38,40-41,43-45,48,51,70H,4-6,8-9,11-14,17,20-23,26,30,33,36,39,42,46-47,49-50,52-69H2,1-3H3/b10-7-,18-15-,19-16-,27-24-,28-25-,32-31-,35-34-,38-37-,41-40-,44-43-,45-29-,51-48-. The van der Waals surface area contributed by atoms with E-state index in [1.165, 1.54) is 77.0 Å². The van der Waals surface area contributed by atoms with Gasteiger partial charge in [0.1, 0.15) is 13.2 Å². The zero-order chi connectivity index (χ0) is 57.1. The Bertz CT molecular complexity index is 1730. The van der Waals surface area contributed by atoms with Crippen molar-refractivity contribution in [3.8, 4) is 0 Å². The Labute approximate surface area is 487 Å². The molecule has 6 nitrogen and oxygen atoms in total. The van der Waals surface area contributed by atoms with Crippen LogP contribution in [-0.2, 0) is 28.6 Å². The van der Waals surface area contributed by atoms with E-state index in [0.717, 1.165) is 161 Å². The molecule has 0 fully saturated rings. The first-order valence-corrected chi connectivity index (χ1v) is 32.3. The van der Waals surface area contributed by atoms with Gasteiger partial charge in [-0.1, -0.05) is 263 Å². The average Bonchev–Trinajstić information content (AvgIpc) is 3.45. The van der Waals surface area contributed by atoms with Gasteiger partial charge >= 0.3 is 17.9 Å². The summed E-state index contributed by atoms with van der Waals surface area (Å²) in [6, 6.07) is 0. The molecule has 0 spiro atoms. The Kier molecular flexibility index (Phi) is 61.9. The van der Waals surface area contributed by atoms with Gasteiger partial charge in [0.25, 0.3) is 0 Å². The fourth-order valence-corrected chi connectivity index (χ4v) is 8.45. The summed E-state index contributed by atoms with van der Waals surface area (Å²) in [4.78, 5) is 38.3. The quantitative estimate of drug-likeness (QED) is 0.0261. The highest BCUT2D eigenvalue weighted by molar-refractivity contribution is 5.71. The Balaban J connectivity index is 4.41. The maximum atomic E-state index is 12.9. The molecule has 0 rings (SSSR count). The Morgan fingerprint density at radius 1 is 0.266 bits per heavy atom. The molecule has 446 valence electrons. The van der Waals surface area contributed by atoms with Crippen LogP contribution in [0.15, 0.2) is 146 Å². The van der Waals surface area contributed by atoms with E-state index in [1.54, 1.807) is 0 Å². The third-order valence-corrected chi connectivity index (χ3v) is 13.3. The number of ether oxygens (including phenoxy) is 3. The van der Waals surface area contributed by atoms with Crippen LogP contribution in [0.1, 0.15) is 278 Å². The monoisotopic (exact) mass is 1090 g/mol. The van der Waals surface area contributed by atoms with Gasteiger partial charge in [-0.25, -0.2) is 0 Å². The number of hydrogen-bond acceptors (Lipinski definition) is 6. The van der Waals surface area contributed by atoms with Crippen molar-refractivity contribution in [2.45, 2.75) is 284 Å². The van der Waals surface area contributed by atoms with E-state index in [0.29, 0.717) is 19.3 Å². The van der Waals surface area contributed by atoms with E-state index in [-0.39, 0.29) is 31.1 Å². The van der Waals surface area contributed by atoms with Gasteiger partial charge in [-0.05, 0) is 141 Å². The molecule has 0 saturated heterocycles.